The van der Waals surface area contributed by atoms with E-state index in [1.54, 1.807) is 6.08 Å². The van der Waals surface area contributed by atoms with Crippen molar-refractivity contribution in [2.24, 2.45) is 10.4 Å². The quantitative estimate of drug-likeness (QED) is 0.546. The summed E-state index contributed by atoms with van der Waals surface area (Å²) in [6, 6.07) is 0. The Labute approximate surface area is 61.3 Å². The van der Waals surface area contributed by atoms with E-state index in [4.69, 9.17) is 5.11 Å². The lowest BCUT2D eigenvalue weighted by molar-refractivity contribution is 0.408. The van der Waals surface area contributed by atoms with Crippen molar-refractivity contribution in [2.45, 2.75) is 20.8 Å². The third kappa shape index (κ3) is 1.38. The molecule has 0 unspecified atom stereocenters. The summed E-state index contributed by atoms with van der Waals surface area (Å²) in [5.74, 6) is 0.380. The Morgan fingerprint density at radius 3 is 2.30 bits per heavy atom. The van der Waals surface area contributed by atoms with Gasteiger partial charge in [0, 0.05) is 11.1 Å². The molecule has 0 aromatic rings. The monoisotopic (exact) mass is 139 g/mol. The molecule has 0 bridgehead atoms. The minimum absolute atomic E-state index is 0.0739. The molecule has 1 aliphatic rings. The van der Waals surface area contributed by atoms with Crippen molar-refractivity contribution in [2.75, 3.05) is 6.54 Å². The van der Waals surface area contributed by atoms with Crippen LogP contribution < -0.4 is 0 Å². The van der Waals surface area contributed by atoms with Gasteiger partial charge in [-0.25, -0.2) is 0 Å². The Hall–Kier alpha value is -0.790. The second kappa shape index (κ2) is 2.11. The minimum atomic E-state index is 0.0739. The Balaban J connectivity index is 2.77. The molecule has 1 heterocycles. The van der Waals surface area contributed by atoms with E-state index in [1.165, 1.54) is 0 Å². The summed E-state index contributed by atoms with van der Waals surface area (Å²) in [6.07, 6.45) is 1.75. The van der Waals surface area contributed by atoms with E-state index < -0.39 is 0 Å². The fraction of sp³-hybridized carbons (Fsp3) is 0.625. The molecular formula is C8H13NO. The molecule has 2 nitrogen and oxygen atoms in total. The molecule has 0 amide bonds. The lowest BCUT2D eigenvalue weighted by Crippen LogP contribution is -2.16. The molecule has 0 aromatic carbocycles. The molecule has 0 spiro atoms. The average molecular weight is 139 g/mol. The maximum atomic E-state index is 9.01. The van der Waals surface area contributed by atoms with E-state index in [-0.39, 0.29) is 5.41 Å². The largest absolute Gasteiger partial charge is 0.510 e. The van der Waals surface area contributed by atoms with Gasteiger partial charge in [0.15, 0.2) is 0 Å². The van der Waals surface area contributed by atoms with Crippen molar-refractivity contribution in [3.05, 3.63) is 11.8 Å². The van der Waals surface area contributed by atoms with E-state index in [0.717, 1.165) is 5.71 Å². The normalized spacial score (nSPS) is 18.7. The van der Waals surface area contributed by atoms with E-state index >= 15 is 0 Å². The average Bonchev–Trinajstić information content (AvgIpc) is 2.11. The summed E-state index contributed by atoms with van der Waals surface area (Å²) < 4.78 is 0. The fourth-order valence-electron chi connectivity index (χ4n) is 0.869. The zero-order chi connectivity index (χ0) is 7.78. The number of rotatable bonds is 0. The zero-order valence-electron chi connectivity index (χ0n) is 6.68. The Morgan fingerprint density at radius 1 is 1.50 bits per heavy atom. The number of aliphatic imine (C=N–C) groups is 1. The van der Waals surface area contributed by atoms with Gasteiger partial charge in [-0.2, -0.15) is 0 Å². The van der Waals surface area contributed by atoms with Crippen LogP contribution in [0.5, 0.6) is 0 Å². The van der Waals surface area contributed by atoms with Gasteiger partial charge in [-0.05, 0) is 6.08 Å². The first-order valence-electron chi connectivity index (χ1n) is 3.44. The van der Waals surface area contributed by atoms with Crippen molar-refractivity contribution in [1.29, 1.82) is 0 Å². The Kier molecular flexibility index (Phi) is 1.55. The van der Waals surface area contributed by atoms with Gasteiger partial charge in [0.05, 0.1) is 6.54 Å². The van der Waals surface area contributed by atoms with Gasteiger partial charge in [-0.15, -0.1) is 0 Å². The second-order valence-corrected chi connectivity index (χ2v) is 3.59. The molecule has 56 valence electrons. The van der Waals surface area contributed by atoms with Crippen LogP contribution in [0.25, 0.3) is 0 Å². The molecule has 0 aromatic heterocycles. The SMILES string of the molecule is CC(C)(C)C1=NCC(O)=C1. The van der Waals surface area contributed by atoms with Crippen LogP contribution in [0.3, 0.4) is 0 Å². The molecule has 10 heavy (non-hydrogen) atoms. The molecule has 1 N–H and O–H groups in total. The first-order valence-corrected chi connectivity index (χ1v) is 3.44. The molecule has 0 aliphatic carbocycles. The van der Waals surface area contributed by atoms with E-state index in [2.05, 4.69) is 25.8 Å². The van der Waals surface area contributed by atoms with Crippen LogP contribution >= 0.6 is 0 Å². The van der Waals surface area contributed by atoms with Crippen molar-refractivity contribution in [3.8, 4) is 0 Å². The highest BCUT2D eigenvalue weighted by atomic mass is 16.3. The second-order valence-electron chi connectivity index (χ2n) is 3.59. The Morgan fingerprint density at radius 2 is 2.10 bits per heavy atom. The van der Waals surface area contributed by atoms with E-state index in [9.17, 15) is 0 Å². The third-order valence-corrected chi connectivity index (χ3v) is 1.48. The van der Waals surface area contributed by atoms with Crippen LogP contribution in [-0.2, 0) is 0 Å². The van der Waals surface area contributed by atoms with Crippen LogP contribution in [-0.4, -0.2) is 17.4 Å². The first-order chi connectivity index (χ1) is 4.50. The van der Waals surface area contributed by atoms with Crippen LogP contribution in [0.15, 0.2) is 16.8 Å². The van der Waals surface area contributed by atoms with Gasteiger partial charge in [0.25, 0.3) is 0 Å². The van der Waals surface area contributed by atoms with Crippen LogP contribution in [0.1, 0.15) is 20.8 Å². The molecule has 2 heteroatoms. The third-order valence-electron chi connectivity index (χ3n) is 1.48. The van der Waals surface area contributed by atoms with Gasteiger partial charge in [0.2, 0.25) is 0 Å². The van der Waals surface area contributed by atoms with Crippen LogP contribution in [0.4, 0.5) is 0 Å². The van der Waals surface area contributed by atoms with Gasteiger partial charge in [-0.3, -0.25) is 4.99 Å². The molecule has 0 radical (unpaired) electrons. The predicted molar refractivity (Wildman–Crippen MR) is 42.5 cm³/mol. The van der Waals surface area contributed by atoms with Crippen LogP contribution in [0.2, 0.25) is 0 Å². The highest BCUT2D eigenvalue weighted by molar-refractivity contribution is 6.00. The lowest BCUT2D eigenvalue weighted by Gasteiger charge is -2.15. The maximum absolute atomic E-state index is 9.01. The van der Waals surface area contributed by atoms with Crippen molar-refractivity contribution < 1.29 is 5.11 Å². The van der Waals surface area contributed by atoms with Crippen molar-refractivity contribution >= 4 is 5.71 Å². The van der Waals surface area contributed by atoms with E-state index in [0.29, 0.717) is 12.3 Å². The highest BCUT2D eigenvalue weighted by Gasteiger charge is 2.20. The maximum Gasteiger partial charge on any atom is 0.115 e. The van der Waals surface area contributed by atoms with Crippen molar-refractivity contribution in [1.82, 2.24) is 0 Å². The summed E-state index contributed by atoms with van der Waals surface area (Å²) in [5, 5.41) is 9.01. The standard InChI is InChI=1S/C8H13NO/c1-8(2,3)7-4-6(10)5-9-7/h4,10H,5H2,1-3H3. The zero-order valence-corrected chi connectivity index (χ0v) is 6.68. The lowest BCUT2D eigenvalue weighted by atomic mass is 9.90. The summed E-state index contributed by atoms with van der Waals surface area (Å²) in [6.45, 7) is 6.72. The number of aliphatic hydroxyl groups excluding tert-OH is 1. The number of allylic oxidation sites excluding steroid dienone is 1. The number of hydrogen-bond acceptors (Lipinski definition) is 2. The molecule has 0 atom stereocenters. The minimum Gasteiger partial charge on any atom is -0.510 e. The molecule has 0 saturated carbocycles. The molecule has 0 fully saturated rings. The van der Waals surface area contributed by atoms with Gasteiger partial charge in [0.1, 0.15) is 5.76 Å². The summed E-state index contributed by atoms with van der Waals surface area (Å²) in [7, 11) is 0. The smallest absolute Gasteiger partial charge is 0.115 e. The molecule has 1 rings (SSSR count). The highest BCUT2D eigenvalue weighted by Crippen LogP contribution is 2.20. The summed E-state index contributed by atoms with van der Waals surface area (Å²) in [5.41, 5.74) is 1.06. The number of nitrogens with zero attached hydrogens (tertiary/aromatic N) is 1. The molecular weight excluding hydrogens is 126 g/mol. The number of aliphatic hydroxyl groups is 1. The van der Waals surface area contributed by atoms with Crippen LogP contribution in [0, 0.1) is 5.41 Å². The topological polar surface area (TPSA) is 32.6 Å². The summed E-state index contributed by atoms with van der Waals surface area (Å²) in [4.78, 5) is 4.16. The van der Waals surface area contributed by atoms with E-state index in [1.807, 2.05) is 0 Å². The van der Waals surface area contributed by atoms with Gasteiger partial charge in [-0.1, -0.05) is 20.8 Å². The predicted octanol–water partition coefficient (Wildman–Crippen LogP) is 1.93. The molecule has 1 aliphatic heterocycles. The fourth-order valence-corrected chi connectivity index (χ4v) is 0.869. The Bertz CT molecular complexity index is 196. The van der Waals surface area contributed by atoms with Crippen molar-refractivity contribution in [3.63, 3.8) is 0 Å². The van der Waals surface area contributed by atoms with Gasteiger partial charge >= 0.3 is 0 Å². The van der Waals surface area contributed by atoms with Gasteiger partial charge < -0.3 is 5.11 Å². The molecule has 0 saturated heterocycles. The number of hydrogen-bond donors (Lipinski definition) is 1. The first kappa shape index (κ1) is 7.32. The summed E-state index contributed by atoms with van der Waals surface area (Å²) >= 11 is 0.